The molecule has 2 N–H and O–H groups in total. The van der Waals surface area contributed by atoms with Gasteiger partial charge in [-0.15, -0.1) is 0 Å². The molecule has 0 amide bonds. The highest BCUT2D eigenvalue weighted by atomic mass is 79.9. The number of rotatable bonds is 4. The summed E-state index contributed by atoms with van der Waals surface area (Å²) in [6.45, 7) is 1.95. The van der Waals surface area contributed by atoms with E-state index in [0.29, 0.717) is 11.4 Å². The summed E-state index contributed by atoms with van der Waals surface area (Å²) in [5.41, 5.74) is 6.81. The SMILES string of the molecule is CC(N)Cc1c(Cl)cccc1Oc1ccc(Br)cc1Br. The molecule has 2 aromatic carbocycles. The summed E-state index contributed by atoms with van der Waals surface area (Å²) in [6, 6.07) is 11.4. The van der Waals surface area contributed by atoms with Gasteiger partial charge in [-0.3, -0.25) is 0 Å². The Bertz CT molecular complexity index is 617. The van der Waals surface area contributed by atoms with Crippen LogP contribution in [0.4, 0.5) is 0 Å². The van der Waals surface area contributed by atoms with Crippen LogP contribution in [0.2, 0.25) is 5.02 Å². The van der Waals surface area contributed by atoms with Gasteiger partial charge in [0.05, 0.1) is 4.47 Å². The summed E-state index contributed by atoms with van der Waals surface area (Å²) in [5.74, 6) is 1.47. The van der Waals surface area contributed by atoms with E-state index in [0.717, 1.165) is 26.0 Å². The van der Waals surface area contributed by atoms with Crippen LogP contribution < -0.4 is 10.5 Å². The zero-order valence-corrected chi connectivity index (χ0v) is 14.8. The molecule has 20 heavy (non-hydrogen) atoms. The van der Waals surface area contributed by atoms with E-state index < -0.39 is 0 Å². The zero-order chi connectivity index (χ0) is 14.7. The van der Waals surface area contributed by atoms with Gasteiger partial charge in [0.25, 0.3) is 0 Å². The molecule has 0 bridgehead atoms. The summed E-state index contributed by atoms with van der Waals surface area (Å²) in [7, 11) is 0. The van der Waals surface area contributed by atoms with Gasteiger partial charge in [-0.25, -0.2) is 0 Å². The first-order valence-electron chi connectivity index (χ1n) is 6.13. The van der Waals surface area contributed by atoms with Gasteiger partial charge in [0.1, 0.15) is 11.5 Å². The Morgan fingerprint density at radius 2 is 1.95 bits per heavy atom. The molecule has 2 aromatic rings. The molecule has 2 nitrogen and oxygen atoms in total. The first kappa shape index (κ1) is 15.8. The molecule has 0 aromatic heterocycles. The second kappa shape index (κ2) is 6.94. The number of ether oxygens (including phenoxy) is 1. The molecule has 0 fully saturated rings. The number of benzene rings is 2. The molecule has 0 radical (unpaired) electrons. The third kappa shape index (κ3) is 3.98. The fourth-order valence-electron chi connectivity index (χ4n) is 1.83. The minimum atomic E-state index is 0.0191. The van der Waals surface area contributed by atoms with Crippen molar-refractivity contribution in [2.75, 3.05) is 0 Å². The average Bonchev–Trinajstić information content (AvgIpc) is 2.36. The predicted molar refractivity (Wildman–Crippen MR) is 90.7 cm³/mol. The Balaban J connectivity index is 2.35. The third-order valence-electron chi connectivity index (χ3n) is 2.72. The van der Waals surface area contributed by atoms with E-state index in [1.54, 1.807) is 0 Å². The quantitative estimate of drug-likeness (QED) is 0.705. The third-order valence-corrected chi connectivity index (χ3v) is 4.18. The van der Waals surface area contributed by atoms with Crippen LogP contribution in [0.25, 0.3) is 0 Å². The highest BCUT2D eigenvalue weighted by Crippen LogP contribution is 2.35. The van der Waals surface area contributed by atoms with Crippen LogP contribution in [0.3, 0.4) is 0 Å². The molecule has 1 unspecified atom stereocenters. The summed E-state index contributed by atoms with van der Waals surface area (Å²) >= 11 is 13.2. The number of nitrogens with two attached hydrogens (primary N) is 1. The minimum absolute atomic E-state index is 0.0191. The van der Waals surface area contributed by atoms with Crippen molar-refractivity contribution in [1.29, 1.82) is 0 Å². The van der Waals surface area contributed by atoms with E-state index in [2.05, 4.69) is 31.9 Å². The topological polar surface area (TPSA) is 35.2 Å². The Labute approximate surface area is 140 Å². The molecule has 106 valence electrons. The summed E-state index contributed by atoms with van der Waals surface area (Å²) < 4.78 is 7.83. The van der Waals surface area contributed by atoms with E-state index >= 15 is 0 Å². The lowest BCUT2D eigenvalue weighted by atomic mass is 10.1. The van der Waals surface area contributed by atoms with Crippen LogP contribution >= 0.6 is 43.5 Å². The molecule has 0 saturated heterocycles. The van der Waals surface area contributed by atoms with Gasteiger partial charge in [0, 0.05) is 21.1 Å². The van der Waals surface area contributed by atoms with E-state index in [4.69, 9.17) is 22.1 Å². The molecule has 0 heterocycles. The second-order valence-electron chi connectivity index (χ2n) is 4.57. The summed E-state index contributed by atoms with van der Waals surface area (Å²) in [4.78, 5) is 0. The Morgan fingerprint density at radius 3 is 2.60 bits per heavy atom. The van der Waals surface area contributed by atoms with E-state index in [9.17, 15) is 0 Å². The van der Waals surface area contributed by atoms with Crippen LogP contribution in [-0.2, 0) is 6.42 Å². The Morgan fingerprint density at radius 1 is 1.20 bits per heavy atom. The lowest BCUT2D eigenvalue weighted by molar-refractivity contribution is 0.471. The highest BCUT2D eigenvalue weighted by Gasteiger charge is 2.12. The first-order valence-corrected chi connectivity index (χ1v) is 8.09. The molecule has 0 spiro atoms. The van der Waals surface area contributed by atoms with Gasteiger partial charge < -0.3 is 10.5 Å². The Kier molecular flexibility index (Phi) is 5.49. The predicted octanol–water partition coefficient (Wildman–Crippen LogP) is 5.55. The van der Waals surface area contributed by atoms with Crippen LogP contribution in [0.5, 0.6) is 11.5 Å². The zero-order valence-electron chi connectivity index (χ0n) is 10.9. The number of halogens is 3. The van der Waals surface area contributed by atoms with Crippen molar-refractivity contribution in [3.05, 3.63) is 55.9 Å². The largest absolute Gasteiger partial charge is 0.456 e. The van der Waals surface area contributed by atoms with Crippen LogP contribution in [0, 0.1) is 0 Å². The monoisotopic (exact) mass is 417 g/mol. The van der Waals surface area contributed by atoms with Gasteiger partial charge in [0.2, 0.25) is 0 Å². The maximum absolute atomic E-state index is 6.25. The van der Waals surface area contributed by atoms with Gasteiger partial charge in [-0.2, -0.15) is 0 Å². The maximum atomic E-state index is 6.25. The van der Waals surface area contributed by atoms with Crippen molar-refractivity contribution in [1.82, 2.24) is 0 Å². The summed E-state index contributed by atoms with van der Waals surface area (Å²) in [5, 5.41) is 0.674. The van der Waals surface area contributed by atoms with Crippen LogP contribution in [0.15, 0.2) is 45.3 Å². The van der Waals surface area contributed by atoms with Crippen LogP contribution in [0.1, 0.15) is 12.5 Å². The average molecular weight is 420 g/mol. The van der Waals surface area contributed by atoms with Crippen molar-refractivity contribution in [3.63, 3.8) is 0 Å². The highest BCUT2D eigenvalue weighted by molar-refractivity contribution is 9.11. The molecule has 2 rings (SSSR count). The summed E-state index contributed by atoms with van der Waals surface area (Å²) in [6.07, 6.45) is 0.670. The van der Waals surface area contributed by atoms with Crippen molar-refractivity contribution < 1.29 is 4.74 Å². The second-order valence-corrected chi connectivity index (χ2v) is 6.75. The number of hydrogen-bond donors (Lipinski definition) is 1. The standard InChI is InChI=1S/C15H14Br2ClNO/c1-9(19)7-11-13(18)3-2-4-14(11)20-15-6-5-10(16)8-12(15)17/h2-6,8-9H,7,19H2,1H3. The van der Waals surface area contributed by atoms with E-state index in [1.165, 1.54) is 0 Å². The number of hydrogen-bond acceptors (Lipinski definition) is 2. The molecule has 1 atom stereocenters. The molecule has 5 heteroatoms. The van der Waals surface area contributed by atoms with E-state index in [-0.39, 0.29) is 6.04 Å². The van der Waals surface area contributed by atoms with Crippen molar-refractivity contribution >= 4 is 43.5 Å². The molecule has 0 saturated carbocycles. The lowest BCUT2D eigenvalue weighted by Gasteiger charge is -2.15. The van der Waals surface area contributed by atoms with Gasteiger partial charge in [0.15, 0.2) is 0 Å². The van der Waals surface area contributed by atoms with Crippen LogP contribution in [-0.4, -0.2) is 6.04 Å². The molecular formula is C15H14Br2ClNO. The van der Waals surface area contributed by atoms with Crippen molar-refractivity contribution in [2.24, 2.45) is 5.73 Å². The lowest BCUT2D eigenvalue weighted by Crippen LogP contribution is -2.18. The smallest absolute Gasteiger partial charge is 0.141 e. The van der Waals surface area contributed by atoms with Crippen molar-refractivity contribution in [2.45, 2.75) is 19.4 Å². The maximum Gasteiger partial charge on any atom is 0.141 e. The van der Waals surface area contributed by atoms with Gasteiger partial charge >= 0.3 is 0 Å². The van der Waals surface area contributed by atoms with Gasteiger partial charge in [-0.05, 0) is 59.6 Å². The Hall–Kier alpha value is -0.550. The van der Waals surface area contributed by atoms with E-state index in [1.807, 2.05) is 43.3 Å². The normalized spacial score (nSPS) is 12.2. The fraction of sp³-hybridized carbons (Fsp3) is 0.200. The molecule has 0 aliphatic rings. The molecule has 0 aliphatic carbocycles. The molecule has 0 aliphatic heterocycles. The first-order chi connectivity index (χ1) is 9.47. The minimum Gasteiger partial charge on any atom is -0.456 e. The van der Waals surface area contributed by atoms with Crippen molar-refractivity contribution in [3.8, 4) is 11.5 Å². The van der Waals surface area contributed by atoms with Gasteiger partial charge in [-0.1, -0.05) is 33.6 Å². The fourth-order valence-corrected chi connectivity index (χ4v) is 3.20. The molecular weight excluding hydrogens is 405 g/mol.